The fourth-order valence-corrected chi connectivity index (χ4v) is 1.97. The number of para-hydroxylation sites is 1. The number of hydrogen-bond acceptors (Lipinski definition) is 4. The van der Waals surface area contributed by atoms with E-state index in [1.54, 1.807) is 0 Å². The monoisotopic (exact) mass is 225 g/mol. The lowest BCUT2D eigenvalue weighted by Crippen LogP contribution is -1.95. The second kappa shape index (κ2) is 3.93. The van der Waals surface area contributed by atoms with Gasteiger partial charge in [-0.25, -0.2) is 0 Å². The van der Waals surface area contributed by atoms with Crippen LogP contribution < -0.4 is 0 Å². The molecule has 0 aliphatic rings. The SMILES string of the molecule is Cc1cc(Cc2nn[nH]n2)c2ccccc2n1. The average molecular weight is 225 g/mol. The van der Waals surface area contributed by atoms with E-state index in [1.165, 1.54) is 5.56 Å². The Morgan fingerprint density at radius 2 is 2.12 bits per heavy atom. The molecule has 1 aromatic carbocycles. The highest BCUT2D eigenvalue weighted by Gasteiger charge is 2.06. The highest BCUT2D eigenvalue weighted by Crippen LogP contribution is 2.19. The first kappa shape index (κ1) is 9.89. The van der Waals surface area contributed by atoms with Crippen molar-refractivity contribution in [2.45, 2.75) is 13.3 Å². The predicted octanol–water partition coefficient (Wildman–Crippen LogP) is 1.65. The van der Waals surface area contributed by atoms with Crippen LogP contribution in [0.1, 0.15) is 17.1 Å². The predicted molar refractivity (Wildman–Crippen MR) is 63.5 cm³/mol. The van der Waals surface area contributed by atoms with Gasteiger partial charge in [-0.3, -0.25) is 4.98 Å². The Kier molecular flexibility index (Phi) is 2.29. The Hall–Kier alpha value is -2.30. The largest absolute Gasteiger partial charge is 0.253 e. The fraction of sp³-hybridized carbons (Fsp3) is 0.167. The zero-order valence-corrected chi connectivity index (χ0v) is 9.38. The fourth-order valence-electron chi connectivity index (χ4n) is 1.97. The van der Waals surface area contributed by atoms with Crippen LogP contribution in [0.3, 0.4) is 0 Å². The van der Waals surface area contributed by atoms with E-state index in [2.05, 4.69) is 37.7 Å². The number of rotatable bonds is 2. The molecule has 0 spiro atoms. The minimum absolute atomic E-state index is 0.667. The number of H-pyrrole nitrogens is 1. The van der Waals surface area contributed by atoms with Crippen LogP contribution in [-0.2, 0) is 6.42 Å². The summed E-state index contributed by atoms with van der Waals surface area (Å²) in [5, 5.41) is 15.1. The topological polar surface area (TPSA) is 67.3 Å². The molecule has 5 heteroatoms. The molecule has 84 valence electrons. The molecule has 0 aliphatic heterocycles. The van der Waals surface area contributed by atoms with Crippen LogP contribution in [0.5, 0.6) is 0 Å². The minimum atomic E-state index is 0.667. The van der Waals surface area contributed by atoms with Crippen molar-refractivity contribution in [1.82, 2.24) is 25.6 Å². The van der Waals surface area contributed by atoms with E-state index in [9.17, 15) is 0 Å². The van der Waals surface area contributed by atoms with Gasteiger partial charge < -0.3 is 0 Å². The van der Waals surface area contributed by atoms with Gasteiger partial charge in [-0.1, -0.05) is 23.4 Å². The molecular formula is C12H11N5. The van der Waals surface area contributed by atoms with Gasteiger partial charge >= 0.3 is 0 Å². The van der Waals surface area contributed by atoms with E-state index >= 15 is 0 Å². The summed E-state index contributed by atoms with van der Waals surface area (Å²) in [6, 6.07) is 10.2. The van der Waals surface area contributed by atoms with Crippen LogP contribution in [0.2, 0.25) is 0 Å². The summed E-state index contributed by atoms with van der Waals surface area (Å²) in [5.41, 5.74) is 3.18. The van der Waals surface area contributed by atoms with Crippen LogP contribution in [0, 0.1) is 6.92 Å². The van der Waals surface area contributed by atoms with E-state index in [0.29, 0.717) is 12.2 Å². The van der Waals surface area contributed by atoms with Crippen LogP contribution >= 0.6 is 0 Å². The van der Waals surface area contributed by atoms with Gasteiger partial charge in [0, 0.05) is 17.5 Å². The Labute approximate surface area is 97.9 Å². The van der Waals surface area contributed by atoms with Gasteiger partial charge in [-0.2, -0.15) is 5.21 Å². The van der Waals surface area contributed by atoms with Gasteiger partial charge in [0.2, 0.25) is 0 Å². The maximum Gasteiger partial charge on any atom is 0.178 e. The summed E-state index contributed by atoms with van der Waals surface area (Å²) in [5.74, 6) is 0.695. The Balaban J connectivity index is 2.14. The molecule has 5 nitrogen and oxygen atoms in total. The first-order chi connectivity index (χ1) is 8.33. The summed E-state index contributed by atoms with van der Waals surface area (Å²) in [6.45, 7) is 1.99. The highest BCUT2D eigenvalue weighted by molar-refractivity contribution is 5.82. The minimum Gasteiger partial charge on any atom is -0.253 e. The molecule has 0 radical (unpaired) electrons. The molecule has 2 heterocycles. The molecule has 0 saturated heterocycles. The van der Waals surface area contributed by atoms with Crippen molar-refractivity contribution < 1.29 is 0 Å². The molecule has 3 aromatic rings. The van der Waals surface area contributed by atoms with Gasteiger partial charge in [0.15, 0.2) is 5.82 Å². The Morgan fingerprint density at radius 3 is 2.94 bits per heavy atom. The Bertz CT molecular complexity index is 645. The van der Waals surface area contributed by atoms with E-state index in [1.807, 2.05) is 25.1 Å². The number of pyridine rings is 1. The summed E-state index contributed by atoms with van der Waals surface area (Å²) >= 11 is 0. The van der Waals surface area contributed by atoms with E-state index in [0.717, 1.165) is 16.6 Å². The van der Waals surface area contributed by atoms with Crippen molar-refractivity contribution in [2.75, 3.05) is 0 Å². The Morgan fingerprint density at radius 1 is 1.24 bits per heavy atom. The summed E-state index contributed by atoms with van der Waals surface area (Å²) < 4.78 is 0. The lowest BCUT2D eigenvalue weighted by atomic mass is 10.0. The molecule has 0 amide bonds. The molecule has 3 rings (SSSR count). The van der Waals surface area contributed by atoms with Gasteiger partial charge in [-0.05, 0) is 24.6 Å². The average Bonchev–Trinajstić information content (AvgIpc) is 2.81. The summed E-state index contributed by atoms with van der Waals surface area (Å²) in [7, 11) is 0. The molecule has 1 N–H and O–H groups in total. The number of nitrogens with one attached hydrogen (secondary N) is 1. The number of aromatic nitrogens is 5. The van der Waals surface area contributed by atoms with Crippen LogP contribution in [0.25, 0.3) is 10.9 Å². The molecule has 17 heavy (non-hydrogen) atoms. The molecule has 0 unspecified atom stereocenters. The molecule has 0 atom stereocenters. The molecule has 0 saturated carbocycles. The second-order valence-electron chi connectivity index (χ2n) is 3.94. The molecule has 0 bridgehead atoms. The third-order valence-electron chi connectivity index (χ3n) is 2.67. The number of aromatic amines is 1. The zero-order chi connectivity index (χ0) is 11.7. The maximum absolute atomic E-state index is 4.50. The van der Waals surface area contributed by atoms with Gasteiger partial charge in [0.05, 0.1) is 5.52 Å². The first-order valence-electron chi connectivity index (χ1n) is 5.40. The number of hydrogen-bond donors (Lipinski definition) is 1. The number of tetrazole rings is 1. The second-order valence-corrected chi connectivity index (χ2v) is 3.94. The number of aryl methyl sites for hydroxylation is 1. The highest BCUT2D eigenvalue weighted by atomic mass is 15.5. The summed E-state index contributed by atoms with van der Waals surface area (Å²) in [6.07, 6.45) is 0.667. The smallest absolute Gasteiger partial charge is 0.178 e. The van der Waals surface area contributed by atoms with E-state index in [4.69, 9.17) is 0 Å². The van der Waals surface area contributed by atoms with Crippen molar-refractivity contribution in [1.29, 1.82) is 0 Å². The van der Waals surface area contributed by atoms with Gasteiger partial charge in [0.1, 0.15) is 0 Å². The van der Waals surface area contributed by atoms with E-state index in [-0.39, 0.29) is 0 Å². The van der Waals surface area contributed by atoms with Crippen molar-refractivity contribution in [3.63, 3.8) is 0 Å². The zero-order valence-electron chi connectivity index (χ0n) is 9.38. The molecular weight excluding hydrogens is 214 g/mol. The van der Waals surface area contributed by atoms with Crippen LogP contribution in [0.15, 0.2) is 30.3 Å². The van der Waals surface area contributed by atoms with Crippen LogP contribution in [-0.4, -0.2) is 25.6 Å². The quantitative estimate of drug-likeness (QED) is 0.720. The number of fused-ring (bicyclic) bond motifs is 1. The van der Waals surface area contributed by atoms with E-state index < -0.39 is 0 Å². The third kappa shape index (κ3) is 1.87. The van der Waals surface area contributed by atoms with Crippen molar-refractivity contribution in [3.05, 3.63) is 47.4 Å². The molecule has 2 aromatic heterocycles. The van der Waals surface area contributed by atoms with Crippen LogP contribution in [0.4, 0.5) is 0 Å². The van der Waals surface area contributed by atoms with Crippen molar-refractivity contribution >= 4 is 10.9 Å². The van der Waals surface area contributed by atoms with Crippen molar-refractivity contribution in [2.24, 2.45) is 0 Å². The maximum atomic E-state index is 4.50. The molecule has 0 aliphatic carbocycles. The summed E-state index contributed by atoms with van der Waals surface area (Å²) in [4.78, 5) is 4.50. The first-order valence-corrected chi connectivity index (χ1v) is 5.40. The lowest BCUT2D eigenvalue weighted by Gasteiger charge is -2.05. The van der Waals surface area contributed by atoms with Gasteiger partial charge in [0.25, 0.3) is 0 Å². The number of nitrogens with zero attached hydrogens (tertiary/aromatic N) is 4. The van der Waals surface area contributed by atoms with Crippen molar-refractivity contribution in [3.8, 4) is 0 Å². The van der Waals surface area contributed by atoms with Gasteiger partial charge in [-0.15, -0.1) is 10.2 Å². The molecule has 0 fully saturated rings. The number of benzene rings is 1. The lowest BCUT2D eigenvalue weighted by molar-refractivity contribution is 0.881. The normalized spacial score (nSPS) is 10.9. The standard InChI is InChI=1S/C12H11N5/c1-8-6-9(7-12-14-16-17-15-12)10-4-2-3-5-11(10)13-8/h2-6H,7H2,1H3,(H,14,15,16,17). The third-order valence-corrected chi connectivity index (χ3v) is 2.67.